The average Bonchev–Trinajstić information content (AvgIpc) is 2.67. The van der Waals surface area contributed by atoms with Gasteiger partial charge in [0.2, 0.25) is 0 Å². The molecule has 10 nitrogen and oxygen atoms in total. The number of hydrogen-bond acceptors (Lipinski definition) is 7. The number of aliphatic carboxylic acids is 1. The highest BCUT2D eigenvalue weighted by Gasteiger charge is 2.59. The normalized spacial score (nSPS) is 14.4. The second kappa shape index (κ2) is 7.99. The number of carboxylic acid groups (broad SMARTS) is 1. The summed E-state index contributed by atoms with van der Waals surface area (Å²) in [5, 5.41) is 32.6. The molecule has 0 fully saturated rings. The quantitative estimate of drug-likeness (QED) is 0.300. The molecule has 158 valence electrons. The van der Waals surface area contributed by atoms with Crippen LogP contribution < -0.4 is 5.73 Å². The fourth-order valence-corrected chi connectivity index (χ4v) is 3.57. The Morgan fingerprint density at radius 1 is 0.967 bits per heavy atom. The Kier molecular flexibility index (Phi) is 6.03. The van der Waals surface area contributed by atoms with Crippen molar-refractivity contribution in [1.29, 1.82) is 0 Å². The number of nitro groups is 2. The van der Waals surface area contributed by atoms with Gasteiger partial charge in [-0.2, -0.15) is 0 Å². The number of nitrogens with zero attached hydrogens (tertiary/aromatic N) is 2. The maximum Gasteiger partial charge on any atom is 0.320 e. The lowest BCUT2D eigenvalue weighted by Crippen LogP contribution is -2.56. The lowest BCUT2D eigenvalue weighted by atomic mass is 9.57. The molecule has 10 heteroatoms. The second-order valence-electron chi connectivity index (χ2n) is 7.83. The van der Waals surface area contributed by atoms with Gasteiger partial charge in [0.05, 0.1) is 22.0 Å². The zero-order valence-corrected chi connectivity index (χ0v) is 16.6. The molecule has 2 aromatic carbocycles. The van der Waals surface area contributed by atoms with Gasteiger partial charge in [0.25, 0.3) is 11.4 Å². The number of rotatable bonds is 7. The van der Waals surface area contributed by atoms with Gasteiger partial charge in [-0.25, -0.2) is 0 Å². The van der Waals surface area contributed by atoms with E-state index in [1.807, 2.05) is 0 Å². The maximum absolute atomic E-state index is 13.6. The minimum atomic E-state index is -2.27. The van der Waals surface area contributed by atoms with E-state index in [1.165, 1.54) is 20.8 Å². The summed E-state index contributed by atoms with van der Waals surface area (Å²) in [5.41, 5.74) is 1.29. The molecule has 2 aromatic rings. The minimum absolute atomic E-state index is 0.364. The number of nitrogens with two attached hydrogens (primary N) is 1. The zero-order chi connectivity index (χ0) is 22.9. The number of carboxylic acids is 1. The van der Waals surface area contributed by atoms with Crippen molar-refractivity contribution in [2.45, 2.75) is 26.8 Å². The van der Waals surface area contributed by atoms with E-state index in [9.17, 15) is 34.9 Å². The molecular formula is C20H21N3O7. The summed E-state index contributed by atoms with van der Waals surface area (Å²) in [6, 6.07) is 9.12. The van der Waals surface area contributed by atoms with Crippen LogP contribution in [-0.4, -0.2) is 26.7 Å². The van der Waals surface area contributed by atoms with Crippen LogP contribution >= 0.6 is 0 Å². The van der Waals surface area contributed by atoms with Gasteiger partial charge in [-0.05, 0) is 11.0 Å². The van der Waals surface area contributed by atoms with Crippen LogP contribution in [0.1, 0.15) is 42.7 Å². The molecule has 0 spiro atoms. The molecule has 0 bridgehead atoms. The second-order valence-corrected chi connectivity index (χ2v) is 7.83. The predicted molar refractivity (Wildman–Crippen MR) is 107 cm³/mol. The first-order valence-electron chi connectivity index (χ1n) is 8.86. The van der Waals surface area contributed by atoms with Gasteiger partial charge in [-0.15, -0.1) is 0 Å². The van der Waals surface area contributed by atoms with Gasteiger partial charge in [-0.3, -0.25) is 29.8 Å². The fourth-order valence-electron chi connectivity index (χ4n) is 3.57. The van der Waals surface area contributed by atoms with Crippen LogP contribution in [-0.2, 0) is 4.79 Å². The van der Waals surface area contributed by atoms with Crippen molar-refractivity contribution in [3.05, 3.63) is 79.9 Å². The summed E-state index contributed by atoms with van der Waals surface area (Å²) < 4.78 is 0. The number of nitro benzene ring substituents is 2. The first-order chi connectivity index (χ1) is 13.8. The summed E-state index contributed by atoms with van der Waals surface area (Å²) in [4.78, 5) is 46.8. The number of benzene rings is 2. The number of Topliss-reactive ketones (excluding diaryl/α,β-unsaturated/α-hetero) is 1. The van der Waals surface area contributed by atoms with E-state index in [2.05, 4.69) is 0 Å². The van der Waals surface area contributed by atoms with Gasteiger partial charge in [0.15, 0.2) is 11.2 Å². The molecule has 0 aliphatic carbocycles. The highest BCUT2D eigenvalue weighted by Crippen LogP contribution is 2.50. The Labute approximate surface area is 171 Å². The van der Waals surface area contributed by atoms with Crippen molar-refractivity contribution in [3.63, 3.8) is 0 Å². The molecule has 0 aliphatic heterocycles. The molecule has 2 atom stereocenters. The maximum atomic E-state index is 13.6. The van der Waals surface area contributed by atoms with E-state index in [1.54, 1.807) is 30.3 Å². The van der Waals surface area contributed by atoms with E-state index < -0.39 is 55.4 Å². The van der Waals surface area contributed by atoms with E-state index in [4.69, 9.17) is 5.73 Å². The van der Waals surface area contributed by atoms with Crippen LogP contribution in [0.15, 0.2) is 48.5 Å². The third kappa shape index (κ3) is 3.77. The predicted octanol–water partition coefficient (Wildman–Crippen LogP) is 3.50. The molecule has 0 aromatic heterocycles. The largest absolute Gasteiger partial charge is 0.480 e. The van der Waals surface area contributed by atoms with Crippen LogP contribution in [0.4, 0.5) is 11.4 Å². The molecule has 0 saturated carbocycles. The fraction of sp³-hybridized carbons (Fsp3) is 0.300. The van der Waals surface area contributed by atoms with Crippen LogP contribution in [0, 0.1) is 31.1 Å². The molecule has 2 rings (SSSR count). The third-order valence-corrected chi connectivity index (χ3v) is 5.09. The number of non-ortho nitro benzene ring substituents is 2. The van der Waals surface area contributed by atoms with Crippen LogP contribution in [0.2, 0.25) is 0 Å². The Hall–Kier alpha value is -3.66. The van der Waals surface area contributed by atoms with E-state index in [0.29, 0.717) is 11.6 Å². The first kappa shape index (κ1) is 22.6. The molecule has 0 heterocycles. The minimum Gasteiger partial charge on any atom is -0.480 e. The summed E-state index contributed by atoms with van der Waals surface area (Å²) in [6.45, 7) is 4.52. The summed E-state index contributed by atoms with van der Waals surface area (Å²) in [5.74, 6) is -2.59. The van der Waals surface area contributed by atoms with Crippen molar-refractivity contribution in [2.24, 2.45) is 16.6 Å². The van der Waals surface area contributed by atoms with Gasteiger partial charge >= 0.3 is 5.97 Å². The van der Waals surface area contributed by atoms with E-state index in [0.717, 1.165) is 12.1 Å². The molecular weight excluding hydrogens is 394 g/mol. The molecule has 0 saturated heterocycles. The number of hydrogen-bond donors (Lipinski definition) is 2. The van der Waals surface area contributed by atoms with Gasteiger partial charge < -0.3 is 10.8 Å². The van der Waals surface area contributed by atoms with Crippen molar-refractivity contribution in [2.75, 3.05) is 0 Å². The SMILES string of the molecule is CC(C)(C)C(C(=O)O)(C(=O)c1cc([N+](=O)[O-])cc([N+](=O)[O-])c1)C(N)c1ccccc1. The van der Waals surface area contributed by atoms with Crippen molar-refractivity contribution >= 4 is 23.1 Å². The molecule has 0 aliphatic rings. The van der Waals surface area contributed by atoms with Crippen LogP contribution in [0.25, 0.3) is 0 Å². The number of ketones is 1. The van der Waals surface area contributed by atoms with E-state index >= 15 is 0 Å². The summed E-state index contributed by atoms with van der Waals surface area (Å²) >= 11 is 0. The van der Waals surface area contributed by atoms with Crippen LogP contribution in [0.3, 0.4) is 0 Å². The third-order valence-electron chi connectivity index (χ3n) is 5.09. The zero-order valence-electron chi connectivity index (χ0n) is 16.6. The Morgan fingerprint density at radius 2 is 1.43 bits per heavy atom. The molecule has 30 heavy (non-hydrogen) atoms. The lowest BCUT2D eigenvalue weighted by molar-refractivity contribution is -0.394. The summed E-state index contributed by atoms with van der Waals surface area (Å²) in [7, 11) is 0. The molecule has 0 amide bonds. The lowest BCUT2D eigenvalue weighted by Gasteiger charge is -2.44. The highest BCUT2D eigenvalue weighted by molar-refractivity contribution is 6.14. The Morgan fingerprint density at radius 3 is 1.80 bits per heavy atom. The molecule has 0 radical (unpaired) electrons. The Balaban J connectivity index is 2.83. The molecule has 3 N–H and O–H groups in total. The van der Waals surface area contributed by atoms with Gasteiger partial charge in [0, 0.05) is 17.7 Å². The van der Waals surface area contributed by atoms with Gasteiger partial charge in [0.1, 0.15) is 0 Å². The molecule has 2 unspecified atom stereocenters. The number of carbonyl (C=O) groups excluding carboxylic acids is 1. The van der Waals surface area contributed by atoms with Crippen LogP contribution in [0.5, 0.6) is 0 Å². The standard InChI is InChI=1S/C20H21N3O7/c1-19(2,3)20(18(25)26,16(21)12-7-5-4-6-8-12)17(24)13-9-14(22(27)28)11-15(10-13)23(29)30/h4-11,16H,21H2,1-3H3,(H,25,26). The van der Waals surface area contributed by atoms with Gasteiger partial charge in [-0.1, -0.05) is 51.1 Å². The Bertz CT molecular complexity index is 983. The van der Waals surface area contributed by atoms with Crippen molar-refractivity contribution in [1.82, 2.24) is 0 Å². The first-order valence-corrected chi connectivity index (χ1v) is 8.86. The van der Waals surface area contributed by atoms with E-state index in [-0.39, 0.29) is 0 Å². The smallest absolute Gasteiger partial charge is 0.320 e. The van der Waals surface area contributed by atoms with Crippen molar-refractivity contribution < 1.29 is 24.5 Å². The monoisotopic (exact) mass is 415 g/mol. The van der Waals surface area contributed by atoms with Crippen molar-refractivity contribution in [3.8, 4) is 0 Å². The highest BCUT2D eigenvalue weighted by atomic mass is 16.6. The average molecular weight is 415 g/mol. The number of carbonyl (C=O) groups is 2. The topological polar surface area (TPSA) is 167 Å². The summed E-state index contributed by atoms with van der Waals surface area (Å²) in [6.07, 6.45) is 0.